The van der Waals surface area contributed by atoms with Gasteiger partial charge in [0, 0.05) is 12.7 Å². The van der Waals surface area contributed by atoms with Gasteiger partial charge in [-0.25, -0.2) is 9.78 Å². The summed E-state index contributed by atoms with van der Waals surface area (Å²) in [6, 6.07) is 13.4. The Hall–Kier alpha value is -3.95. The van der Waals surface area contributed by atoms with Crippen LogP contribution >= 0.6 is 0 Å². The lowest BCUT2D eigenvalue weighted by Gasteiger charge is -2.19. The molecule has 0 radical (unpaired) electrons. The molecule has 0 saturated heterocycles. The van der Waals surface area contributed by atoms with Crippen molar-refractivity contribution in [3.63, 3.8) is 0 Å². The average molecular weight is 433 g/mol. The minimum Gasteiger partial charge on any atom is -0.497 e. The molecule has 3 aromatic rings. The van der Waals surface area contributed by atoms with E-state index in [1.165, 1.54) is 43.6 Å². The Bertz CT molecular complexity index is 1050. The van der Waals surface area contributed by atoms with Crippen molar-refractivity contribution in [2.75, 3.05) is 24.4 Å². The first-order valence-electron chi connectivity index (χ1n) is 8.90. The van der Waals surface area contributed by atoms with Crippen LogP contribution in [0, 0.1) is 0 Å². The fourth-order valence-electron chi connectivity index (χ4n) is 2.75. The van der Waals surface area contributed by atoms with Crippen molar-refractivity contribution in [3.05, 3.63) is 66.4 Å². The van der Waals surface area contributed by atoms with Gasteiger partial charge in [0.25, 0.3) is 0 Å². The first-order valence-corrected chi connectivity index (χ1v) is 8.90. The number of pyridine rings is 1. The third-order valence-electron chi connectivity index (χ3n) is 4.29. The van der Waals surface area contributed by atoms with Crippen molar-refractivity contribution in [1.82, 2.24) is 4.98 Å². The minimum atomic E-state index is -4.75. The molecule has 10 heteroatoms. The molecule has 162 valence electrons. The molecule has 1 heterocycles. The summed E-state index contributed by atoms with van der Waals surface area (Å²) in [6.45, 7) is 0. The summed E-state index contributed by atoms with van der Waals surface area (Å²) in [5.74, 6) is -0.470. The number of hydrogen-bond donors (Lipinski definition) is 2. The summed E-state index contributed by atoms with van der Waals surface area (Å²) in [7, 11) is 3.16. The Labute approximate surface area is 175 Å². The van der Waals surface area contributed by atoms with Crippen LogP contribution < -0.4 is 19.7 Å². The number of aromatic carboxylic acids is 1. The summed E-state index contributed by atoms with van der Waals surface area (Å²) in [5.41, 5.74) is 1.57. The third kappa shape index (κ3) is 5.56. The standard InChI is InChI=1S/C21H18F3N3O4/c1-27(14-4-6-15(7-5-14)31-21(22,23)24)19-10-3-13(12-25-19)26-18-9-8-16(30-2)11-17(18)20(28)29/h3-12,26H,1-2H3,(H,28,29). The number of hydrogen-bond acceptors (Lipinski definition) is 6. The molecule has 1 aromatic heterocycles. The first-order chi connectivity index (χ1) is 14.7. The molecule has 0 aliphatic rings. The van der Waals surface area contributed by atoms with Gasteiger partial charge in [0.2, 0.25) is 0 Å². The van der Waals surface area contributed by atoms with E-state index in [4.69, 9.17) is 4.74 Å². The lowest BCUT2D eigenvalue weighted by Crippen LogP contribution is -2.17. The second-order valence-corrected chi connectivity index (χ2v) is 6.35. The van der Waals surface area contributed by atoms with Crippen LogP contribution in [-0.4, -0.2) is 36.6 Å². The smallest absolute Gasteiger partial charge is 0.497 e. The Morgan fingerprint density at radius 1 is 1.06 bits per heavy atom. The molecule has 0 atom stereocenters. The van der Waals surface area contributed by atoms with E-state index in [0.717, 1.165) is 0 Å². The molecule has 31 heavy (non-hydrogen) atoms. The molecule has 0 saturated carbocycles. The van der Waals surface area contributed by atoms with Gasteiger partial charge in [-0.15, -0.1) is 13.2 Å². The van der Waals surface area contributed by atoms with E-state index in [9.17, 15) is 23.1 Å². The molecule has 7 nitrogen and oxygen atoms in total. The second-order valence-electron chi connectivity index (χ2n) is 6.35. The average Bonchev–Trinajstić information content (AvgIpc) is 2.73. The number of rotatable bonds is 7. The number of nitrogens with zero attached hydrogens (tertiary/aromatic N) is 2. The maximum Gasteiger partial charge on any atom is 0.573 e. The van der Waals surface area contributed by atoms with Gasteiger partial charge in [0.1, 0.15) is 17.3 Å². The highest BCUT2D eigenvalue weighted by Crippen LogP contribution is 2.29. The molecular formula is C21H18F3N3O4. The predicted molar refractivity (Wildman–Crippen MR) is 109 cm³/mol. The van der Waals surface area contributed by atoms with Crippen molar-refractivity contribution in [2.24, 2.45) is 0 Å². The van der Waals surface area contributed by atoms with E-state index in [2.05, 4.69) is 15.0 Å². The van der Waals surface area contributed by atoms with E-state index in [0.29, 0.717) is 28.6 Å². The Morgan fingerprint density at radius 3 is 2.29 bits per heavy atom. The molecule has 0 aliphatic heterocycles. The first kappa shape index (κ1) is 21.8. The summed E-state index contributed by atoms with van der Waals surface area (Å²) < 4.78 is 45.8. The number of methoxy groups -OCH3 is 1. The van der Waals surface area contributed by atoms with Crippen LogP contribution in [0.2, 0.25) is 0 Å². The van der Waals surface area contributed by atoms with Gasteiger partial charge in [0.15, 0.2) is 0 Å². The molecular weight excluding hydrogens is 415 g/mol. The number of benzene rings is 2. The van der Waals surface area contributed by atoms with Crippen molar-refractivity contribution in [2.45, 2.75) is 6.36 Å². The SMILES string of the molecule is COc1ccc(Nc2ccc(N(C)c3ccc(OC(F)(F)F)cc3)nc2)c(C(=O)O)c1. The monoisotopic (exact) mass is 433 g/mol. The van der Waals surface area contributed by atoms with Crippen molar-refractivity contribution in [3.8, 4) is 11.5 Å². The third-order valence-corrected chi connectivity index (χ3v) is 4.29. The highest BCUT2D eigenvalue weighted by Gasteiger charge is 2.31. The molecule has 2 N–H and O–H groups in total. The number of carbonyl (C=O) groups is 1. The summed E-state index contributed by atoms with van der Waals surface area (Å²) in [5, 5.41) is 12.4. The zero-order valence-corrected chi connectivity index (χ0v) is 16.5. The normalized spacial score (nSPS) is 11.0. The lowest BCUT2D eigenvalue weighted by molar-refractivity contribution is -0.274. The van der Waals surface area contributed by atoms with Crippen LogP contribution in [0.4, 0.5) is 36.1 Å². The van der Waals surface area contributed by atoms with E-state index < -0.39 is 12.3 Å². The second kappa shape index (κ2) is 8.82. The number of ether oxygens (including phenoxy) is 2. The quantitative estimate of drug-likeness (QED) is 0.530. The number of anilines is 4. The van der Waals surface area contributed by atoms with Gasteiger partial charge >= 0.3 is 12.3 Å². The van der Waals surface area contributed by atoms with Crippen LogP contribution in [-0.2, 0) is 0 Å². The molecule has 2 aromatic carbocycles. The largest absolute Gasteiger partial charge is 0.573 e. The maximum atomic E-state index is 12.3. The number of halogens is 3. The molecule has 0 amide bonds. The van der Waals surface area contributed by atoms with Gasteiger partial charge in [-0.3, -0.25) is 0 Å². The molecule has 3 rings (SSSR count). The zero-order chi connectivity index (χ0) is 22.6. The van der Waals surface area contributed by atoms with Crippen molar-refractivity contribution in [1.29, 1.82) is 0 Å². The molecule has 0 bridgehead atoms. The molecule has 0 spiro atoms. The van der Waals surface area contributed by atoms with Crippen LogP contribution in [0.5, 0.6) is 11.5 Å². The Morgan fingerprint density at radius 2 is 1.74 bits per heavy atom. The predicted octanol–water partition coefficient (Wildman–Crippen LogP) is 5.20. The highest BCUT2D eigenvalue weighted by molar-refractivity contribution is 5.95. The fraction of sp³-hybridized carbons (Fsp3) is 0.143. The molecule has 0 fully saturated rings. The van der Waals surface area contributed by atoms with E-state index in [1.54, 1.807) is 36.2 Å². The number of nitrogens with one attached hydrogen (secondary N) is 1. The number of alkyl halides is 3. The van der Waals surface area contributed by atoms with Crippen LogP contribution in [0.3, 0.4) is 0 Å². The zero-order valence-electron chi connectivity index (χ0n) is 16.5. The van der Waals surface area contributed by atoms with Gasteiger partial charge in [-0.05, 0) is 54.6 Å². The maximum absolute atomic E-state index is 12.3. The number of carboxylic acid groups (broad SMARTS) is 1. The summed E-state index contributed by atoms with van der Waals surface area (Å²) in [4.78, 5) is 17.5. The van der Waals surface area contributed by atoms with Crippen molar-refractivity contribution >= 4 is 28.8 Å². The number of aromatic nitrogens is 1. The van der Waals surface area contributed by atoms with Gasteiger partial charge in [-0.2, -0.15) is 0 Å². The molecule has 0 aliphatic carbocycles. The topological polar surface area (TPSA) is 83.9 Å². The van der Waals surface area contributed by atoms with Crippen LogP contribution in [0.25, 0.3) is 0 Å². The van der Waals surface area contributed by atoms with E-state index >= 15 is 0 Å². The van der Waals surface area contributed by atoms with Crippen LogP contribution in [0.1, 0.15) is 10.4 Å². The van der Waals surface area contributed by atoms with Crippen LogP contribution in [0.15, 0.2) is 60.8 Å². The van der Waals surface area contributed by atoms with Crippen molar-refractivity contribution < 1.29 is 32.5 Å². The van der Waals surface area contributed by atoms with E-state index in [1.807, 2.05) is 0 Å². The fourth-order valence-corrected chi connectivity index (χ4v) is 2.75. The van der Waals surface area contributed by atoms with Gasteiger partial charge in [-0.1, -0.05) is 0 Å². The molecule has 0 unspecified atom stereocenters. The van der Waals surface area contributed by atoms with E-state index in [-0.39, 0.29) is 11.3 Å². The lowest BCUT2D eigenvalue weighted by atomic mass is 10.1. The Kier molecular flexibility index (Phi) is 6.19. The summed E-state index contributed by atoms with van der Waals surface area (Å²) in [6.07, 6.45) is -3.23. The Balaban J connectivity index is 1.74. The minimum absolute atomic E-state index is 0.0433. The highest BCUT2D eigenvalue weighted by atomic mass is 19.4. The van der Waals surface area contributed by atoms with Gasteiger partial charge < -0.3 is 24.8 Å². The summed E-state index contributed by atoms with van der Waals surface area (Å²) >= 11 is 0. The number of carboxylic acids is 1. The van der Waals surface area contributed by atoms with Gasteiger partial charge in [0.05, 0.1) is 30.2 Å².